The molecule has 0 bridgehead atoms. The monoisotopic (exact) mass is 386 g/mol. The SMILES string of the molecule is COc1ccc(CCN2C[C@H](C(=O)Nc3ccc(F)cc3)CC2=O)cc1OC. The standard InChI is InChI=1S/C21H23FN2O4/c1-27-18-8-3-14(11-19(18)28-2)9-10-24-13-15(12-20(24)25)21(26)23-17-6-4-16(22)5-7-17/h3-8,11,15H,9-10,12-13H2,1-2H3,(H,23,26)/t15-/m1/s1. The smallest absolute Gasteiger partial charge is 0.229 e. The van der Waals surface area contributed by atoms with Crippen LogP contribution in [0.5, 0.6) is 11.5 Å². The molecule has 1 aliphatic rings. The second-order valence-electron chi connectivity index (χ2n) is 6.68. The van der Waals surface area contributed by atoms with Gasteiger partial charge in [-0.25, -0.2) is 4.39 Å². The van der Waals surface area contributed by atoms with Crippen LogP contribution in [0.4, 0.5) is 10.1 Å². The molecule has 0 aliphatic carbocycles. The van der Waals surface area contributed by atoms with Gasteiger partial charge in [0, 0.05) is 25.2 Å². The Hall–Kier alpha value is -3.09. The van der Waals surface area contributed by atoms with Gasteiger partial charge in [-0.15, -0.1) is 0 Å². The van der Waals surface area contributed by atoms with Gasteiger partial charge in [-0.2, -0.15) is 0 Å². The number of hydrogen-bond acceptors (Lipinski definition) is 4. The summed E-state index contributed by atoms with van der Waals surface area (Å²) in [4.78, 5) is 26.4. The first-order valence-electron chi connectivity index (χ1n) is 9.05. The second-order valence-corrected chi connectivity index (χ2v) is 6.68. The number of benzene rings is 2. The molecule has 7 heteroatoms. The molecule has 2 aromatic rings. The van der Waals surface area contributed by atoms with Crippen LogP contribution in [-0.2, 0) is 16.0 Å². The van der Waals surface area contributed by atoms with Crippen LogP contribution >= 0.6 is 0 Å². The predicted octanol–water partition coefficient (Wildman–Crippen LogP) is 2.87. The van der Waals surface area contributed by atoms with Gasteiger partial charge in [-0.05, 0) is 48.4 Å². The summed E-state index contributed by atoms with van der Waals surface area (Å²) < 4.78 is 23.5. The number of nitrogens with zero attached hydrogens (tertiary/aromatic N) is 1. The highest BCUT2D eigenvalue weighted by molar-refractivity contribution is 5.97. The summed E-state index contributed by atoms with van der Waals surface area (Å²) in [5.41, 5.74) is 1.53. The van der Waals surface area contributed by atoms with Gasteiger partial charge in [0.1, 0.15) is 5.82 Å². The molecule has 0 radical (unpaired) electrons. The van der Waals surface area contributed by atoms with Crippen molar-refractivity contribution in [1.82, 2.24) is 4.90 Å². The molecule has 1 aliphatic heterocycles. The molecule has 3 rings (SSSR count). The maximum Gasteiger partial charge on any atom is 0.229 e. The third kappa shape index (κ3) is 4.60. The third-order valence-corrected chi connectivity index (χ3v) is 4.82. The van der Waals surface area contributed by atoms with E-state index in [0.29, 0.717) is 36.7 Å². The van der Waals surface area contributed by atoms with Gasteiger partial charge in [0.2, 0.25) is 11.8 Å². The first-order valence-corrected chi connectivity index (χ1v) is 9.05. The number of hydrogen-bond donors (Lipinski definition) is 1. The minimum Gasteiger partial charge on any atom is -0.493 e. The zero-order chi connectivity index (χ0) is 20.1. The molecule has 1 heterocycles. The Labute approximate surface area is 163 Å². The van der Waals surface area contributed by atoms with Crippen molar-refractivity contribution < 1.29 is 23.5 Å². The van der Waals surface area contributed by atoms with E-state index in [-0.39, 0.29) is 24.1 Å². The number of rotatable bonds is 7. The Morgan fingerprint density at radius 1 is 1.14 bits per heavy atom. The maximum absolute atomic E-state index is 13.0. The van der Waals surface area contributed by atoms with Gasteiger partial charge < -0.3 is 19.7 Å². The summed E-state index contributed by atoms with van der Waals surface area (Å²) >= 11 is 0. The van der Waals surface area contributed by atoms with Gasteiger partial charge in [-0.3, -0.25) is 9.59 Å². The number of nitrogens with one attached hydrogen (secondary N) is 1. The topological polar surface area (TPSA) is 67.9 Å². The highest BCUT2D eigenvalue weighted by Gasteiger charge is 2.34. The van der Waals surface area contributed by atoms with Crippen LogP contribution in [-0.4, -0.2) is 44.0 Å². The van der Waals surface area contributed by atoms with Crippen LogP contribution in [0.25, 0.3) is 0 Å². The molecule has 2 aromatic carbocycles. The van der Waals surface area contributed by atoms with Gasteiger partial charge in [-0.1, -0.05) is 6.07 Å². The van der Waals surface area contributed by atoms with Crippen LogP contribution in [0, 0.1) is 11.7 Å². The minimum atomic E-state index is -0.414. The van der Waals surface area contributed by atoms with Crippen LogP contribution in [0.2, 0.25) is 0 Å². The van der Waals surface area contributed by atoms with Crippen molar-refractivity contribution in [1.29, 1.82) is 0 Å². The number of anilines is 1. The number of likely N-dealkylation sites (tertiary alicyclic amines) is 1. The lowest BCUT2D eigenvalue weighted by Gasteiger charge is -2.17. The minimum absolute atomic E-state index is 0.0419. The van der Waals surface area contributed by atoms with E-state index in [1.165, 1.54) is 24.3 Å². The number of amides is 2. The number of carbonyl (C=O) groups is 2. The lowest BCUT2D eigenvalue weighted by atomic mass is 10.1. The first-order chi connectivity index (χ1) is 13.5. The van der Waals surface area contributed by atoms with Crippen molar-refractivity contribution in [2.45, 2.75) is 12.8 Å². The van der Waals surface area contributed by atoms with E-state index in [4.69, 9.17) is 9.47 Å². The van der Waals surface area contributed by atoms with E-state index in [0.717, 1.165) is 5.56 Å². The number of carbonyl (C=O) groups excluding carboxylic acids is 2. The van der Waals surface area contributed by atoms with Crippen LogP contribution in [0.3, 0.4) is 0 Å². The van der Waals surface area contributed by atoms with Crippen molar-refractivity contribution in [3.63, 3.8) is 0 Å². The van der Waals surface area contributed by atoms with Crippen LogP contribution in [0.1, 0.15) is 12.0 Å². The molecule has 28 heavy (non-hydrogen) atoms. The molecule has 1 atom stereocenters. The van der Waals surface area contributed by atoms with E-state index < -0.39 is 5.92 Å². The van der Waals surface area contributed by atoms with Gasteiger partial charge in [0.05, 0.1) is 20.1 Å². The first kappa shape index (κ1) is 19.7. The van der Waals surface area contributed by atoms with E-state index in [1.807, 2.05) is 18.2 Å². The lowest BCUT2D eigenvalue weighted by molar-refractivity contribution is -0.128. The molecule has 0 spiro atoms. The molecule has 0 aromatic heterocycles. The van der Waals surface area contributed by atoms with E-state index >= 15 is 0 Å². The Balaban J connectivity index is 1.55. The maximum atomic E-state index is 13.0. The molecular weight excluding hydrogens is 363 g/mol. The summed E-state index contributed by atoms with van der Waals surface area (Å²) in [6.07, 6.45) is 0.831. The lowest BCUT2D eigenvalue weighted by Crippen LogP contribution is -2.30. The highest BCUT2D eigenvalue weighted by Crippen LogP contribution is 2.28. The second kappa shape index (κ2) is 8.73. The van der Waals surface area contributed by atoms with Crippen molar-refractivity contribution in [3.8, 4) is 11.5 Å². The normalized spacial score (nSPS) is 16.2. The summed E-state index contributed by atoms with van der Waals surface area (Å²) in [5, 5.41) is 2.74. The van der Waals surface area contributed by atoms with E-state index in [2.05, 4.69) is 5.32 Å². The average molecular weight is 386 g/mol. The quantitative estimate of drug-likeness (QED) is 0.795. The van der Waals surface area contributed by atoms with E-state index in [1.54, 1.807) is 19.1 Å². The number of halogens is 1. The van der Waals surface area contributed by atoms with Gasteiger partial charge >= 0.3 is 0 Å². The molecule has 1 fully saturated rings. The fourth-order valence-corrected chi connectivity index (χ4v) is 3.24. The molecule has 6 nitrogen and oxygen atoms in total. The zero-order valence-electron chi connectivity index (χ0n) is 15.9. The highest BCUT2D eigenvalue weighted by atomic mass is 19.1. The largest absolute Gasteiger partial charge is 0.493 e. The third-order valence-electron chi connectivity index (χ3n) is 4.82. The Bertz CT molecular complexity index is 854. The fourth-order valence-electron chi connectivity index (χ4n) is 3.24. The van der Waals surface area contributed by atoms with Crippen molar-refractivity contribution in [3.05, 3.63) is 53.8 Å². The van der Waals surface area contributed by atoms with Crippen molar-refractivity contribution in [2.75, 3.05) is 32.6 Å². The number of ether oxygens (including phenoxy) is 2. The average Bonchev–Trinajstić information content (AvgIpc) is 3.08. The molecule has 2 amide bonds. The molecule has 1 saturated heterocycles. The Kier molecular flexibility index (Phi) is 6.13. The molecule has 0 unspecified atom stereocenters. The predicted molar refractivity (Wildman–Crippen MR) is 103 cm³/mol. The molecule has 0 saturated carbocycles. The number of methoxy groups -OCH3 is 2. The molecule has 148 valence electrons. The van der Waals surface area contributed by atoms with Crippen LogP contribution in [0.15, 0.2) is 42.5 Å². The summed E-state index contributed by atoms with van der Waals surface area (Å²) in [7, 11) is 3.16. The summed E-state index contributed by atoms with van der Waals surface area (Å²) in [5.74, 6) is 0.247. The molecular formula is C21H23FN2O4. The van der Waals surface area contributed by atoms with Crippen molar-refractivity contribution >= 4 is 17.5 Å². The Morgan fingerprint density at radius 2 is 1.86 bits per heavy atom. The summed E-state index contributed by atoms with van der Waals surface area (Å²) in [6.45, 7) is 0.897. The van der Waals surface area contributed by atoms with Gasteiger partial charge in [0.15, 0.2) is 11.5 Å². The Morgan fingerprint density at radius 3 is 2.54 bits per heavy atom. The van der Waals surface area contributed by atoms with Gasteiger partial charge in [0.25, 0.3) is 0 Å². The van der Waals surface area contributed by atoms with Crippen molar-refractivity contribution in [2.24, 2.45) is 5.92 Å². The zero-order valence-corrected chi connectivity index (χ0v) is 15.9. The van der Waals surface area contributed by atoms with E-state index in [9.17, 15) is 14.0 Å². The summed E-state index contributed by atoms with van der Waals surface area (Å²) in [6, 6.07) is 11.2. The van der Waals surface area contributed by atoms with Crippen LogP contribution < -0.4 is 14.8 Å². The fraction of sp³-hybridized carbons (Fsp3) is 0.333. The molecule has 1 N–H and O–H groups in total.